The Kier molecular flexibility index (Phi) is 6.27. The Morgan fingerprint density at radius 3 is 2.44 bits per heavy atom. The van der Waals surface area contributed by atoms with E-state index in [1.54, 1.807) is 16.2 Å². The quantitative estimate of drug-likeness (QED) is 0.361. The van der Waals surface area contributed by atoms with Gasteiger partial charge in [-0.05, 0) is 17.7 Å². The number of benzene rings is 2. The van der Waals surface area contributed by atoms with Crippen LogP contribution in [0.1, 0.15) is 16.4 Å². The lowest BCUT2D eigenvalue weighted by atomic mass is 10.1. The first kappa shape index (κ1) is 23.7. The minimum atomic E-state index is -3.36. The lowest BCUT2D eigenvalue weighted by Crippen LogP contribution is -2.43. The second-order valence-corrected chi connectivity index (χ2v) is 8.27. The summed E-state index contributed by atoms with van der Waals surface area (Å²) in [6, 6.07) is 9.24. The highest BCUT2D eigenvalue weighted by Crippen LogP contribution is 2.34. The number of carbonyl (C=O) groups excluding carboxylic acids is 1. The van der Waals surface area contributed by atoms with Crippen molar-refractivity contribution in [3.05, 3.63) is 54.6 Å². The van der Waals surface area contributed by atoms with E-state index >= 15 is 0 Å². The summed E-state index contributed by atoms with van der Waals surface area (Å²) in [5.74, 6) is -1.03. The highest BCUT2D eigenvalue weighted by molar-refractivity contribution is 6.00. The van der Waals surface area contributed by atoms with Crippen molar-refractivity contribution in [2.24, 2.45) is 0 Å². The van der Waals surface area contributed by atoms with Crippen molar-refractivity contribution in [2.75, 3.05) is 27.3 Å². The molecule has 2 N–H and O–H groups in total. The van der Waals surface area contributed by atoms with Gasteiger partial charge in [-0.25, -0.2) is 18.2 Å². The van der Waals surface area contributed by atoms with E-state index in [4.69, 9.17) is 9.47 Å². The van der Waals surface area contributed by atoms with E-state index < -0.39 is 18.6 Å². The van der Waals surface area contributed by atoms with E-state index in [0.29, 0.717) is 11.7 Å². The van der Waals surface area contributed by atoms with E-state index in [2.05, 4.69) is 15.4 Å². The molecule has 9 nitrogen and oxygen atoms in total. The number of hydrogen-bond acceptors (Lipinski definition) is 6. The van der Waals surface area contributed by atoms with Gasteiger partial charge >= 0.3 is 0 Å². The van der Waals surface area contributed by atoms with Crippen molar-refractivity contribution in [2.45, 2.75) is 18.8 Å². The molecule has 188 valence electrons. The zero-order chi connectivity index (χ0) is 25.4. The van der Waals surface area contributed by atoms with Gasteiger partial charge in [-0.2, -0.15) is 5.10 Å². The number of amides is 1. The van der Waals surface area contributed by atoms with Gasteiger partial charge in [0.15, 0.2) is 0 Å². The number of imidazole rings is 1. The number of fused-ring (bicyclic) bond motifs is 1. The van der Waals surface area contributed by atoms with E-state index in [9.17, 15) is 18.0 Å². The van der Waals surface area contributed by atoms with Crippen LogP contribution >= 0.6 is 0 Å². The molecule has 1 fully saturated rings. The summed E-state index contributed by atoms with van der Waals surface area (Å²) in [5.41, 5.74) is 3.80. The zero-order valence-electron chi connectivity index (χ0n) is 19.4. The number of carbonyl (C=O) groups is 1. The Morgan fingerprint density at radius 2 is 1.83 bits per heavy atom. The van der Waals surface area contributed by atoms with Crippen molar-refractivity contribution < 1.29 is 27.4 Å². The molecule has 0 spiro atoms. The van der Waals surface area contributed by atoms with Gasteiger partial charge in [-0.3, -0.25) is 14.0 Å². The van der Waals surface area contributed by atoms with Gasteiger partial charge in [0.2, 0.25) is 6.30 Å². The fourth-order valence-electron chi connectivity index (χ4n) is 4.07. The molecule has 0 saturated carbocycles. The fraction of sp³-hybridized carbons (Fsp3) is 0.292. The maximum atomic E-state index is 13.4. The molecule has 1 aliphatic rings. The summed E-state index contributed by atoms with van der Waals surface area (Å²) in [7, 11) is 2.63. The first-order chi connectivity index (χ1) is 17.4. The van der Waals surface area contributed by atoms with Crippen molar-refractivity contribution in [3.8, 4) is 28.3 Å². The zero-order valence-corrected chi connectivity index (χ0v) is 19.4. The third-order valence-electron chi connectivity index (χ3n) is 6.10. The van der Waals surface area contributed by atoms with Crippen LogP contribution in [0.2, 0.25) is 0 Å². The van der Waals surface area contributed by atoms with Gasteiger partial charge in [0.25, 0.3) is 12.3 Å². The molecule has 5 rings (SSSR count). The standard InChI is InChI=1S/C24H23F3N6O3/c1-35-19-6-15(7-20(36-2)21(19)24(34)31-23(27)22(25)26)32-12-29-17-5-13(3-4-18(17)32)14-8-30-33(11-14)16-9-28-10-16/h3-8,11-12,16,22-23,28H,9-10H2,1-2H3,(H,31,34). The fourth-order valence-corrected chi connectivity index (χ4v) is 4.07. The third-order valence-corrected chi connectivity index (χ3v) is 6.10. The maximum absolute atomic E-state index is 13.4. The first-order valence-electron chi connectivity index (χ1n) is 11.1. The third kappa shape index (κ3) is 4.24. The van der Waals surface area contributed by atoms with Crippen molar-refractivity contribution in [1.82, 2.24) is 30.0 Å². The Labute approximate surface area is 203 Å². The molecule has 0 aliphatic carbocycles. The number of rotatable bonds is 8. The minimum Gasteiger partial charge on any atom is -0.496 e. The largest absolute Gasteiger partial charge is 0.496 e. The minimum absolute atomic E-state index is 0.0275. The predicted octanol–water partition coefficient (Wildman–Crippen LogP) is 3.34. The lowest BCUT2D eigenvalue weighted by Gasteiger charge is -2.27. The Hall–Kier alpha value is -4.06. The molecule has 3 heterocycles. The molecular formula is C24H23F3N6O3. The van der Waals surface area contributed by atoms with Crippen molar-refractivity contribution in [3.63, 3.8) is 0 Å². The number of hydrogen-bond donors (Lipinski definition) is 2. The summed E-state index contributed by atoms with van der Waals surface area (Å²) in [6.07, 6.45) is -0.737. The van der Waals surface area contributed by atoms with Crippen LogP contribution in [0.25, 0.3) is 27.8 Å². The second kappa shape index (κ2) is 9.53. The summed E-state index contributed by atoms with van der Waals surface area (Å²) < 4.78 is 53.0. The Morgan fingerprint density at radius 1 is 1.11 bits per heavy atom. The van der Waals surface area contributed by atoms with Crippen LogP contribution < -0.4 is 20.1 Å². The average molecular weight is 500 g/mol. The van der Waals surface area contributed by atoms with Gasteiger partial charge in [-0.15, -0.1) is 0 Å². The van der Waals surface area contributed by atoms with Gasteiger partial charge in [0.05, 0.1) is 43.2 Å². The highest BCUT2D eigenvalue weighted by atomic mass is 19.3. The predicted molar refractivity (Wildman–Crippen MR) is 126 cm³/mol. The van der Waals surface area contributed by atoms with Gasteiger partial charge < -0.3 is 20.1 Å². The summed E-state index contributed by atoms with van der Waals surface area (Å²) in [4.78, 5) is 17.0. The molecule has 1 amide bonds. The van der Waals surface area contributed by atoms with Crippen LogP contribution in [0.3, 0.4) is 0 Å². The molecule has 12 heteroatoms. The molecule has 1 atom stereocenters. The maximum Gasteiger partial charge on any atom is 0.287 e. The number of halogens is 3. The molecule has 0 bridgehead atoms. The molecule has 1 aliphatic heterocycles. The van der Waals surface area contributed by atoms with Crippen LogP contribution in [-0.4, -0.2) is 65.3 Å². The van der Waals surface area contributed by atoms with E-state index in [0.717, 1.165) is 35.2 Å². The first-order valence-corrected chi connectivity index (χ1v) is 11.1. The van der Waals surface area contributed by atoms with E-state index in [1.165, 1.54) is 26.4 Å². The van der Waals surface area contributed by atoms with E-state index in [1.807, 2.05) is 35.3 Å². The Balaban J connectivity index is 1.49. The van der Waals surface area contributed by atoms with E-state index in [-0.39, 0.29) is 17.1 Å². The highest BCUT2D eigenvalue weighted by Gasteiger charge is 2.27. The smallest absolute Gasteiger partial charge is 0.287 e. The van der Waals surface area contributed by atoms with Gasteiger partial charge in [-0.1, -0.05) is 6.07 Å². The van der Waals surface area contributed by atoms with Crippen molar-refractivity contribution >= 4 is 16.9 Å². The summed E-state index contributed by atoms with van der Waals surface area (Å²) >= 11 is 0. The lowest BCUT2D eigenvalue weighted by molar-refractivity contribution is 0.0285. The SMILES string of the molecule is COc1cc(-n2cnc3cc(-c4cnn(C5CNC5)c4)ccc32)cc(OC)c1C(=O)NC(F)C(F)F. The monoisotopic (exact) mass is 500 g/mol. The molecule has 4 aromatic rings. The second-order valence-electron chi connectivity index (χ2n) is 8.27. The average Bonchev–Trinajstić information content (AvgIpc) is 3.49. The molecule has 2 aromatic heterocycles. The normalized spacial score (nSPS) is 14.6. The van der Waals surface area contributed by atoms with Crippen LogP contribution in [0.15, 0.2) is 49.1 Å². The van der Waals surface area contributed by atoms with Crippen LogP contribution in [0.4, 0.5) is 13.2 Å². The van der Waals surface area contributed by atoms with Crippen LogP contribution in [-0.2, 0) is 0 Å². The molecule has 0 radical (unpaired) electrons. The number of aromatic nitrogens is 4. The number of methoxy groups -OCH3 is 2. The van der Waals surface area contributed by atoms with Gasteiger partial charge in [0.1, 0.15) is 23.4 Å². The van der Waals surface area contributed by atoms with Crippen molar-refractivity contribution in [1.29, 1.82) is 0 Å². The summed E-state index contributed by atoms with van der Waals surface area (Å²) in [6.45, 7) is 1.80. The van der Waals surface area contributed by atoms with Crippen LogP contribution in [0, 0.1) is 0 Å². The topological polar surface area (TPSA) is 95.2 Å². The Bertz CT molecular complexity index is 1390. The van der Waals surface area contributed by atoms with Gasteiger partial charge in [0, 0.05) is 37.0 Å². The number of nitrogens with zero attached hydrogens (tertiary/aromatic N) is 4. The molecule has 1 saturated heterocycles. The number of ether oxygens (including phenoxy) is 2. The molecular weight excluding hydrogens is 477 g/mol. The summed E-state index contributed by atoms with van der Waals surface area (Å²) in [5, 5.41) is 9.31. The molecule has 1 unspecified atom stereocenters. The number of alkyl halides is 3. The molecule has 2 aromatic carbocycles. The van der Waals surface area contributed by atoms with Crippen LogP contribution in [0.5, 0.6) is 11.5 Å². The molecule has 36 heavy (non-hydrogen) atoms. The number of nitrogens with one attached hydrogen (secondary N) is 2.